The molecule has 1 fully saturated rings. The van der Waals surface area contributed by atoms with E-state index in [4.69, 9.17) is 9.72 Å². The van der Waals surface area contributed by atoms with Crippen LogP contribution < -0.4 is 24.6 Å². The number of nitrogens with zero attached hydrogens (tertiary/aromatic N) is 8. The van der Waals surface area contributed by atoms with Gasteiger partial charge < -0.3 is 20.3 Å². The number of hydrogen-bond acceptors (Lipinski definition) is 11. The third kappa shape index (κ3) is 5.19. The fourth-order valence-electron chi connectivity index (χ4n) is 5.67. The van der Waals surface area contributed by atoms with Crippen molar-refractivity contribution in [1.82, 2.24) is 29.7 Å². The van der Waals surface area contributed by atoms with Crippen LogP contribution in [0, 0.1) is 0 Å². The van der Waals surface area contributed by atoms with Crippen molar-refractivity contribution in [3.63, 3.8) is 0 Å². The highest BCUT2D eigenvalue weighted by Gasteiger charge is 2.40. The van der Waals surface area contributed by atoms with E-state index in [0.29, 0.717) is 62.9 Å². The van der Waals surface area contributed by atoms with Crippen LogP contribution in [0.2, 0.25) is 0 Å². The summed E-state index contributed by atoms with van der Waals surface area (Å²) in [4.78, 5) is 20.4. The highest BCUT2D eigenvalue weighted by molar-refractivity contribution is 9.10. The predicted molar refractivity (Wildman–Crippen MR) is 178 cm³/mol. The molecule has 4 heterocycles. The van der Waals surface area contributed by atoms with Crippen LogP contribution in [-0.2, 0) is 23.5 Å². The minimum atomic E-state index is -3.58. The molecule has 2 aliphatic rings. The Morgan fingerprint density at radius 1 is 1.02 bits per heavy atom. The van der Waals surface area contributed by atoms with Gasteiger partial charge in [-0.2, -0.15) is 10.1 Å². The van der Waals surface area contributed by atoms with E-state index in [1.165, 1.54) is 4.31 Å². The molecule has 2 aromatic carbocycles. The molecule has 5 aromatic rings. The van der Waals surface area contributed by atoms with Crippen molar-refractivity contribution in [3.05, 3.63) is 59.2 Å². The van der Waals surface area contributed by atoms with Crippen molar-refractivity contribution in [3.8, 4) is 16.9 Å². The minimum absolute atomic E-state index is 0.313. The van der Waals surface area contributed by atoms with E-state index in [9.17, 15) is 8.42 Å². The molecule has 2 N–H and O–H groups in total. The first-order chi connectivity index (χ1) is 21.7. The molecule has 0 bridgehead atoms. The molecule has 13 nitrogen and oxygen atoms in total. The largest absolute Gasteiger partial charge is 0.494 e. The highest BCUT2D eigenvalue weighted by Crippen LogP contribution is 2.43. The number of benzene rings is 2. The number of methoxy groups -OCH3 is 1. The number of likely N-dealkylation sites (N-methyl/N-ethyl adjacent to an activating group) is 1. The summed E-state index contributed by atoms with van der Waals surface area (Å²) >= 11 is 3.56. The van der Waals surface area contributed by atoms with E-state index in [2.05, 4.69) is 58.6 Å². The predicted octanol–water partition coefficient (Wildman–Crippen LogP) is 5.00. The maximum Gasteiger partial charge on any atom is 0.237 e. The van der Waals surface area contributed by atoms with E-state index in [1.807, 2.05) is 30.1 Å². The highest BCUT2D eigenvalue weighted by atomic mass is 79.9. The number of rotatable bonds is 8. The summed E-state index contributed by atoms with van der Waals surface area (Å²) in [5.74, 6) is 1.38. The van der Waals surface area contributed by atoms with Gasteiger partial charge in [0.2, 0.25) is 16.0 Å². The molecule has 232 valence electrons. The Morgan fingerprint density at radius 3 is 2.60 bits per heavy atom. The molecule has 0 amide bonds. The standard InChI is InChI=1S/C30H31BrN10O3S/c1-39-12-9-24-19(15-35-40(24)2)18-13-23(26(44-4)14-25(18)39)37-30-34-16-20(31)29(38-30)36-22-8-7-21-27(33-11-10-32-21)28(22)41(3)45(42,43)17-5-6-17/h7-8,10-11,13-17H,5-6,9,12H2,1-4H3,(H2,34,36,37,38). The maximum absolute atomic E-state index is 13.3. The Kier molecular flexibility index (Phi) is 7.23. The number of nitrogens with one attached hydrogen (secondary N) is 2. The van der Waals surface area contributed by atoms with Gasteiger partial charge in [-0.25, -0.2) is 13.4 Å². The average Bonchev–Trinajstić information content (AvgIpc) is 3.85. The smallest absolute Gasteiger partial charge is 0.237 e. The van der Waals surface area contributed by atoms with E-state index in [-0.39, 0.29) is 0 Å². The van der Waals surface area contributed by atoms with Crippen LogP contribution >= 0.6 is 15.9 Å². The summed E-state index contributed by atoms with van der Waals surface area (Å²) in [5, 5.41) is 10.8. The van der Waals surface area contributed by atoms with Crippen LogP contribution in [0.25, 0.3) is 22.2 Å². The zero-order valence-electron chi connectivity index (χ0n) is 25.1. The van der Waals surface area contributed by atoms with Crippen molar-refractivity contribution < 1.29 is 13.2 Å². The van der Waals surface area contributed by atoms with E-state index in [1.54, 1.807) is 44.9 Å². The lowest BCUT2D eigenvalue weighted by atomic mass is 10.0. The quantitative estimate of drug-likeness (QED) is 0.227. The third-order valence-electron chi connectivity index (χ3n) is 8.26. The molecular weight excluding hydrogens is 660 g/mol. The molecule has 0 spiro atoms. The molecule has 1 aliphatic carbocycles. The first-order valence-electron chi connectivity index (χ1n) is 14.4. The van der Waals surface area contributed by atoms with Crippen molar-refractivity contribution in [2.45, 2.75) is 24.5 Å². The molecule has 1 saturated carbocycles. The first kappa shape index (κ1) is 29.2. The Labute approximate surface area is 268 Å². The Hall–Kier alpha value is -4.50. The molecule has 0 unspecified atom stereocenters. The molecular formula is C30H31BrN10O3S. The summed E-state index contributed by atoms with van der Waals surface area (Å²) in [6.07, 6.45) is 8.81. The topological polar surface area (TPSA) is 143 Å². The van der Waals surface area contributed by atoms with Gasteiger partial charge >= 0.3 is 0 Å². The number of sulfonamides is 1. The van der Waals surface area contributed by atoms with Crippen molar-refractivity contribution in [1.29, 1.82) is 0 Å². The summed E-state index contributed by atoms with van der Waals surface area (Å²) in [6.45, 7) is 0.847. The molecule has 15 heteroatoms. The van der Waals surface area contributed by atoms with Crippen LogP contribution in [0.15, 0.2) is 53.5 Å². The Balaban J connectivity index is 1.27. The van der Waals surface area contributed by atoms with Crippen molar-refractivity contribution >= 4 is 71.5 Å². The van der Waals surface area contributed by atoms with Gasteiger partial charge in [0.05, 0.1) is 39.9 Å². The number of ether oxygens (including phenoxy) is 1. The zero-order valence-corrected chi connectivity index (χ0v) is 27.5. The second-order valence-corrected chi connectivity index (χ2v) is 14.2. The minimum Gasteiger partial charge on any atom is -0.494 e. The van der Waals surface area contributed by atoms with Gasteiger partial charge in [-0.05, 0) is 47.0 Å². The van der Waals surface area contributed by atoms with Crippen LogP contribution in [0.4, 0.5) is 34.5 Å². The number of halogens is 1. The molecule has 0 radical (unpaired) electrons. The molecule has 1 aliphatic heterocycles. The second-order valence-electron chi connectivity index (χ2n) is 11.1. The fourth-order valence-corrected chi connectivity index (χ4v) is 7.58. The maximum atomic E-state index is 13.3. The van der Waals surface area contributed by atoms with Gasteiger partial charge in [-0.1, -0.05) is 0 Å². The number of fused-ring (bicyclic) bond motifs is 4. The monoisotopic (exact) mass is 690 g/mol. The van der Waals surface area contributed by atoms with Crippen LogP contribution in [0.1, 0.15) is 18.5 Å². The van der Waals surface area contributed by atoms with Crippen LogP contribution in [0.5, 0.6) is 5.75 Å². The molecule has 7 rings (SSSR count). The summed E-state index contributed by atoms with van der Waals surface area (Å²) in [5.41, 5.74) is 6.94. The Morgan fingerprint density at radius 2 is 1.82 bits per heavy atom. The molecule has 45 heavy (non-hydrogen) atoms. The zero-order chi connectivity index (χ0) is 31.5. The molecule has 0 atom stereocenters. The van der Waals surface area contributed by atoms with E-state index < -0.39 is 15.3 Å². The van der Waals surface area contributed by atoms with Gasteiger partial charge in [0, 0.05) is 81.3 Å². The van der Waals surface area contributed by atoms with Crippen LogP contribution in [-0.4, -0.2) is 71.1 Å². The van der Waals surface area contributed by atoms with Gasteiger partial charge in [0.1, 0.15) is 22.8 Å². The van der Waals surface area contributed by atoms with Gasteiger partial charge in [-0.15, -0.1) is 0 Å². The average molecular weight is 692 g/mol. The summed E-state index contributed by atoms with van der Waals surface area (Å²) in [7, 11) is 3.64. The first-order valence-corrected chi connectivity index (χ1v) is 16.7. The lowest BCUT2D eigenvalue weighted by Crippen LogP contribution is -2.30. The van der Waals surface area contributed by atoms with Gasteiger partial charge in [-0.3, -0.25) is 19.0 Å². The van der Waals surface area contributed by atoms with Gasteiger partial charge in [0.15, 0.2) is 0 Å². The normalized spacial score (nSPS) is 14.5. The fraction of sp³-hybridized carbons (Fsp3) is 0.300. The van der Waals surface area contributed by atoms with E-state index >= 15 is 0 Å². The summed E-state index contributed by atoms with van der Waals surface area (Å²) in [6, 6.07) is 7.62. The number of hydrogen-bond donors (Lipinski definition) is 2. The van der Waals surface area contributed by atoms with Crippen LogP contribution in [0.3, 0.4) is 0 Å². The summed E-state index contributed by atoms with van der Waals surface area (Å²) < 4.78 is 36.3. The third-order valence-corrected chi connectivity index (χ3v) is 11.1. The number of aryl methyl sites for hydroxylation is 1. The lowest BCUT2D eigenvalue weighted by molar-refractivity contribution is 0.417. The number of anilines is 6. The molecule has 0 saturated heterocycles. The number of aromatic nitrogens is 6. The second kappa shape index (κ2) is 11.1. The SMILES string of the molecule is COc1cc2c(cc1Nc1ncc(Br)c(Nc3ccc4nccnc4c3N(C)S(=O)(=O)C3CC3)n1)-c1cnn(C)c1CCN2C. The Bertz CT molecular complexity index is 2070. The lowest BCUT2D eigenvalue weighted by Gasteiger charge is -2.24. The molecule has 3 aromatic heterocycles. The van der Waals surface area contributed by atoms with Crippen molar-refractivity contribution in [2.24, 2.45) is 7.05 Å². The van der Waals surface area contributed by atoms with E-state index in [0.717, 1.165) is 35.5 Å². The van der Waals surface area contributed by atoms with Gasteiger partial charge in [0.25, 0.3) is 0 Å². The van der Waals surface area contributed by atoms with Crippen molar-refractivity contribution in [2.75, 3.05) is 47.6 Å².